The Hall–Kier alpha value is -4.96. The first-order valence-electron chi connectivity index (χ1n) is 14.7. The number of carboxylic acid groups (broad SMARTS) is 2. The highest BCUT2D eigenvalue weighted by Crippen LogP contribution is 2.08. The predicted octanol–water partition coefficient (Wildman–Crippen LogP) is -1.25. The van der Waals surface area contributed by atoms with Gasteiger partial charge in [0, 0.05) is 31.6 Å². The quantitative estimate of drug-likeness (QED) is 0.0803. The van der Waals surface area contributed by atoms with Crippen LogP contribution in [0.5, 0.6) is 0 Å². The van der Waals surface area contributed by atoms with Crippen molar-refractivity contribution < 1.29 is 43.8 Å². The Bertz CT molecular complexity index is 1400. The van der Waals surface area contributed by atoms with Crippen LogP contribution in [0.4, 0.5) is 0 Å². The molecule has 0 heterocycles. The van der Waals surface area contributed by atoms with Crippen LogP contribution in [0.3, 0.4) is 0 Å². The fourth-order valence-electron chi connectivity index (χ4n) is 4.23. The van der Waals surface area contributed by atoms with Crippen LogP contribution in [0.25, 0.3) is 0 Å². The summed E-state index contributed by atoms with van der Waals surface area (Å²) in [5.41, 5.74) is 7.42. The first kappa shape index (κ1) is 38.2. The number of carbonyl (C=O) groups excluding carboxylic acids is 5. The van der Waals surface area contributed by atoms with Crippen LogP contribution < -0.4 is 32.3 Å². The molecule has 2 rings (SSSR count). The molecule has 0 bridgehead atoms. The number of nitrogens with one attached hydrogen (secondary N) is 5. The lowest BCUT2D eigenvalue weighted by atomic mass is 10.0. The fraction of sp³-hybridized carbons (Fsp3) is 0.387. The number of thiol groups is 1. The van der Waals surface area contributed by atoms with Crippen molar-refractivity contribution in [1.29, 1.82) is 0 Å². The fourth-order valence-corrected chi connectivity index (χ4v) is 4.48. The number of benzene rings is 2. The van der Waals surface area contributed by atoms with E-state index >= 15 is 0 Å². The molecule has 0 radical (unpaired) electrons. The molecule has 0 aromatic heterocycles. The summed E-state index contributed by atoms with van der Waals surface area (Å²) in [6, 6.07) is 11.1. The normalized spacial score (nSPS) is 13.9. The zero-order chi connectivity index (χ0) is 34.9. The molecule has 15 nitrogen and oxygen atoms in total. The topological polar surface area (TPSA) is 246 Å². The van der Waals surface area contributed by atoms with Gasteiger partial charge < -0.3 is 42.5 Å². The Morgan fingerprint density at radius 3 is 1.62 bits per heavy atom. The maximum atomic E-state index is 13.4. The second kappa shape index (κ2) is 19.5. The van der Waals surface area contributed by atoms with Crippen molar-refractivity contribution in [3.63, 3.8) is 0 Å². The van der Waals surface area contributed by atoms with Crippen LogP contribution in [-0.4, -0.2) is 94.2 Å². The Labute approximate surface area is 276 Å². The summed E-state index contributed by atoms with van der Waals surface area (Å²) in [7, 11) is 0. The second-order valence-corrected chi connectivity index (χ2v) is 10.9. The lowest BCUT2D eigenvalue weighted by molar-refractivity contribution is -0.143. The van der Waals surface area contributed by atoms with E-state index in [1.807, 2.05) is 6.07 Å². The van der Waals surface area contributed by atoms with Crippen molar-refractivity contribution in [2.75, 3.05) is 12.3 Å². The summed E-state index contributed by atoms with van der Waals surface area (Å²) in [6.07, 6.45) is -0.526. The van der Waals surface area contributed by atoms with Crippen LogP contribution >= 0.6 is 12.6 Å². The van der Waals surface area contributed by atoms with Crippen LogP contribution in [0.1, 0.15) is 30.9 Å². The first-order valence-corrected chi connectivity index (χ1v) is 15.3. The van der Waals surface area contributed by atoms with Crippen LogP contribution in [0.2, 0.25) is 0 Å². The van der Waals surface area contributed by atoms with Gasteiger partial charge in [0.15, 0.2) is 0 Å². The van der Waals surface area contributed by atoms with Gasteiger partial charge in [0.1, 0.15) is 30.2 Å². The number of carbonyl (C=O) groups is 7. The third-order valence-electron chi connectivity index (χ3n) is 6.81. The lowest BCUT2D eigenvalue weighted by Gasteiger charge is -2.24. The van der Waals surface area contributed by atoms with Crippen molar-refractivity contribution in [3.05, 3.63) is 71.8 Å². The van der Waals surface area contributed by atoms with Crippen LogP contribution in [-0.2, 0) is 46.4 Å². The van der Waals surface area contributed by atoms with Gasteiger partial charge in [-0.05, 0) is 11.1 Å². The smallest absolute Gasteiger partial charge is 0.327 e. The second-order valence-electron chi connectivity index (χ2n) is 10.5. The molecule has 0 aliphatic carbocycles. The van der Waals surface area contributed by atoms with Gasteiger partial charge >= 0.3 is 11.9 Å². The highest BCUT2D eigenvalue weighted by Gasteiger charge is 2.31. The molecule has 2 unspecified atom stereocenters. The molecule has 0 aliphatic rings. The third kappa shape index (κ3) is 13.5. The van der Waals surface area contributed by atoms with Gasteiger partial charge in [0.2, 0.25) is 29.5 Å². The standard InChI is InChI=1S/C31H40N6O9S/c1-2-25(38)34-22(14-19-11-7-4-8-12-19)29(43)36-21(13-18-9-5-3-6-10-18)28(42)33-16-20(32)27(41)35-23(15-26(39)40)30(44)37-24(17-47)31(45)46/h3-12,20-24,47H,2,13-17,32H2,1H3,(H,33,42)(H,34,38)(H,35,41)(H,36,43)(H,37,44)(H,39,40)(H,45,46)/t20-,21-,22-,23?,24?/m0/s1. The molecule has 9 N–H and O–H groups in total. The third-order valence-corrected chi connectivity index (χ3v) is 7.18. The van der Waals surface area contributed by atoms with Crippen LogP contribution in [0.15, 0.2) is 60.7 Å². The van der Waals surface area contributed by atoms with E-state index in [4.69, 9.17) is 10.8 Å². The Kier molecular flexibility index (Phi) is 15.9. The van der Waals surface area contributed by atoms with E-state index in [-0.39, 0.29) is 30.9 Å². The maximum Gasteiger partial charge on any atom is 0.327 e. The summed E-state index contributed by atoms with van der Waals surface area (Å²) in [5, 5.41) is 30.5. The molecular weight excluding hydrogens is 632 g/mol. The molecule has 0 spiro atoms. The molecule has 2 aromatic rings. The van der Waals surface area contributed by atoms with E-state index in [2.05, 4.69) is 39.2 Å². The molecule has 5 atom stereocenters. The zero-order valence-electron chi connectivity index (χ0n) is 25.7. The van der Waals surface area contributed by atoms with Gasteiger partial charge in [-0.15, -0.1) is 0 Å². The summed E-state index contributed by atoms with van der Waals surface area (Å²) in [5.74, 6) is -6.92. The van der Waals surface area contributed by atoms with Gasteiger partial charge in [-0.25, -0.2) is 4.79 Å². The maximum absolute atomic E-state index is 13.4. The molecule has 254 valence electrons. The van der Waals surface area contributed by atoms with E-state index < -0.39 is 78.7 Å². The summed E-state index contributed by atoms with van der Waals surface area (Å²) < 4.78 is 0. The largest absolute Gasteiger partial charge is 0.481 e. The molecule has 0 saturated carbocycles. The number of hydrogen-bond donors (Lipinski definition) is 9. The molecule has 2 aromatic carbocycles. The van der Waals surface area contributed by atoms with Crippen molar-refractivity contribution >= 4 is 54.1 Å². The SMILES string of the molecule is CCC(=O)N[C@@H](Cc1ccccc1)C(=O)N[C@@H](Cc1ccccc1)C(=O)NC[C@H](N)C(=O)NC(CC(=O)O)C(=O)NC(CS)C(=O)O. The number of rotatable bonds is 19. The van der Waals surface area contributed by atoms with Crippen molar-refractivity contribution in [1.82, 2.24) is 26.6 Å². The number of amides is 5. The van der Waals surface area contributed by atoms with E-state index in [1.54, 1.807) is 61.5 Å². The highest BCUT2D eigenvalue weighted by atomic mass is 32.1. The van der Waals surface area contributed by atoms with E-state index in [9.17, 15) is 38.7 Å². The monoisotopic (exact) mass is 672 g/mol. The summed E-state index contributed by atoms with van der Waals surface area (Å²) in [6.45, 7) is 1.17. The van der Waals surface area contributed by atoms with Gasteiger partial charge in [0.25, 0.3) is 0 Å². The Morgan fingerprint density at radius 1 is 0.681 bits per heavy atom. The zero-order valence-corrected chi connectivity index (χ0v) is 26.6. The average Bonchev–Trinajstić information content (AvgIpc) is 3.05. The van der Waals surface area contributed by atoms with Crippen molar-refractivity contribution in [2.45, 2.75) is 62.8 Å². The molecular formula is C31H40N6O9S. The van der Waals surface area contributed by atoms with Gasteiger partial charge in [-0.2, -0.15) is 12.6 Å². The van der Waals surface area contributed by atoms with Gasteiger partial charge in [0.05, 0.1) is 6.42 Å². The first-order chi connectivity index (χ1) is 22.3. The molecule has 5 amide bonds. The number of hydrogen-bond acceptors (Lipinski definition) is 9. The molecule has 0 saturated heterocycles. The summed E-state index contributed by atoms with van der Waals surface area (Å²) >= 11 is 3.83. The van der Waals surface area contributed by atoms with Crippen molar-refractivity contribution in [3.8, 4) is 0 Å². The molecule has 0 fully saturated rings. The number of carboxylic acids is 2. The molecule has 0 aliphatic heterocycles. The Morgan fingerprint density at radius 2 is 1.15 bits per heavy atom. The van der Waals surface area contributed by atoms with Crippen molar-refractivity contribution in [2.24, 2.45) is 5.73 Å². The average molecular weight is 673 g/mol. The predicted molar refractivity (Wildman–Crippen MR) is 173 cm³/mol. The lowest BCUT2D eigenvalue weighted by Crippen LogP contribution is -2.58. The van der Waals surface area contributed by atoms with Gasteiger partial charge in [-0.3, -0.25) is 28.8 Å². The minimum Gasteiger partial charge on any atom is -0.481 e. The highest BCUT2D eigenvalue weighted by molar-refractivity contribution is 7.80. The molecule has 16 heteroatoms. The van der Waals surface area contributed by atoms with E-state index in [0.717, 1.165) is 5.56 Å². The molecule has 47 heavy (non-hydrogen) atoms. The number of nitrogens with two attached hydrogens (primary N) is 1. The van der Waals surface area contributed by atoms with Gasteiger partial charge in [-0.1, -0.05) is 67.6 Å². The Balaban J connectivity index is 2.15. The van der Waals surface area contributed by atoms with Crippen LogP contribution in [0, 0.1) is 0 Å². The van der Waals surface area contributed by atoms with E-state index in [1.165, 1.54) is 0 Å². The minimum absolute atomic E-state index is 0.0520. The number of aliphatic carboxylic acids is 2. The van der Waals surface area contributed by atoms with E-state index in [0.29, 0.717) is 5.56 Å². The minimum atomic E-state index is -1.67. The summed E-state index contributed by atoms with van der Waals surface area (Å²) in [4.78, 5) is 86.9.